The number of fused-ring (bicyclic) bond motifs is 1. The molecule has 0 aliphatic carbocycles. The number of ether oxygens (including phenoxy) is 1. The van der Waals surface area contributed by atoms with Crippen molar-refractivity contribution in [3.63, 3.8) is 0 Å². The molecule has 1 aromatic carbocycles. The van der Waals surface area contributed by atoms with Crippen LogP contribution in [0.2, 0.25) is 0 Å². The molecule has 0 aliphatic heterocycles. The van der Waals surface area contributed by atoms with Gasteiger partial charge in [-0.1, -0.05) is 6.92 Å². The minimum Gasteiger partial charge on any atom is -0.484 e. The fraction of sp³-hybridized carbons (Fsp3) is 0.167. The van der Waals surface area contributed by atoms with E-state index in [1.54, 1.807) is 18.2 Å². The van der Waals surface area contributed by atoms with Crippen molar-refractivity contribution in [3.8, 4) is 17.4 Å². The minimum absolute atomic E-state index is 0.0814. The van der Waals surface area contributed by atoms with E-state index >= 15 is 0 Å². The van der Waals surface area contributed by atoms with E-state index in [1.165, 1.54) is 6.07 Å². The number of aryl methyl sites for hydroxylation is 1. The molecule has 8 heteroatoms. The number of nitrogens with zero attached hydrogens (tertiary/aromatic N) is 2. The van der Waals surface area contributed by atoms with Gasteiger partial charge in [-0.2, -0.15) is 0 Å². The molecule has 0 amide bonds. The number of benzene rings is 1. The Bertz CT molecular complexity index is 1130. The molecule has 3 heterocycles. The van der Waals surface area contributed by atoms with Crippen LogP contribution in [0.1, 0.15) is 18.4 Å². The average molecular weight is 417 g/mol. The van der Waals surface area contributed by atoms with Crippen LogP contribution in [0.25, 0.3) is 22.6 Å². The Hall–Kier alpha value is -2.87. The summed E-state index contributed by atoms with van der Waals surface area (Å²) < 4.78 is 22.4. The summed E-state index contributed by atoms with van der Waals surface area (Å²) in [5.41, 5.74) is 1.05. The smallest absolute Gasteiger partial charge is 0.336 e. The number of hydrogen-bond acceptors (Lipinski definition) is 7. The van der Waals surface area contributed by atoms with E-state index in [0.717, 1.165) is 17.4 Å². The Morgan fingerprint density at radius 3 is 2.73 bits per heavy atom. The van der Waals surface area contributed by atoms with E-state index < -0.39 is 0 Å². The van der Waals surface area contributed by atoms with Crippen LogP contribution in [0.5, 0.6) is 5.75 Å². The predicted octanol–water partition coefficient (Wildman–Crippen LogP) is 4.34. The first-order valence-corrected chi connectivity index (χ1v) is 8.69. The lowest BCUT2D eigenvalue weighted by Crippen LogP contribution is -2.00. The van der Waals surface area contributed by atoms with Crippen molar-refractivity contribution < 1.29 is 18.0 Å². The zero-order valence-electron chi connectivity index (χ0n) is 13.7. The van der Waals surface area contributed by atoms with Gasteiger partial charge in [0, 0.05) is 17.5 Å². The number of aromatic nitrogens is 2. The monoisotopic (exact) mass is 416 g/mol. The molecule has 7 nitrogen and oxygen atoms in total. The molecule has 0 bridgehead atoms. The van der Waals surface area contributed by atoms with Crippen LogP contribution in [0.15, 0.2) is 59.1 Å². The van der Waals surface area contributed by atoms with E-state index in [4.69, 9.17) is 18.0 Å². The fourth-order valence-corrected chi connectivity index (χ4v) is 2.88. The Balaban J connectivity index is 1.53. The first kappa shape index (κ1) is 16.6. The minimum atomic E-state index is -0.377. The van der Waals surface area contributed by atoms with E-state index in [-0.39, 0.29) is 18.1 Å². The Labute approximate surface area is 155 Å². The third-order valence-corrected chi connectivity index (χ3v) is 4.22. The van der Waals surface area contributed by atoms with Gasteiger partial charge in [-0.25, -0.2) is 4.79 Å². The Morgan fingerprint density at radius 1 is 1.08 bits per heavy atom. The zero-order chi connectivity index (χ0) is 18.1. The van der Waals surface area contributed by atoms with Gasteiger partial charge >= 0.3 is 5.63 Å². The van der Waals surface area contributed by atoms with Gasteiger partial charge in [0.05, 0.1) is 0 Å². The maximum Gasteiger partial charge on any atom is 0.336 e. The topological polar surface area (TPSA) is 91.5 Å². The van der Waals surface area contributed by atoms with Crippen molar-refractivity contribution in [1.82, 2.24) is 10.2 Å². The van der Waals surface area contributed by atoms with Crippen LogP contribution in [0, 0.1) is 0 Å². The average Bonchev–Trinajstić information content (AvgIpc) is 3.27. The molecule has 0 fully saturated rings. The standard InChI is InChI=1S/C18H13BrN2O5/c1-2-10-7-17(22)25-14-8-11(3-4-12(10)14)23-9-16-20-21-18(26-16)13-5-6-15(19)24-13/h3-8H,2,9H2,1H3. The first-order valence-electron chi connectivity index (χ1n) is 7.90. The molecule has 0 unspecified atom stereocenters. The molecule has 4 rings (SSSR count). The molecule has 0 spiro atoms. The number of hydrogen-bond donors (Lipinski definition) is 0. The molecular weight excluding hydrogens is 404 g/mol. The van der Waals surface area contributed by atoms with Crippen molar-refractivity contribution >= 4 is 26.9 Å². The van der Waals surface area contributed by atoms with Crippen molar-refractivity contribution in [2.45, 2.75) is 20.0 Å². The maximum absolute atomic E-state index is 11.6. The normalized spacial score (nSPS) is 11.2. The fourth-order valence-electron chi connectivity index (χ4n) is 2.58. The largest absolute Gasteiger partial charge is 0.484 e. The molecule has 0 N–H and O–H groups in total. The van der Waals surface area contributed by atoms with E-state index in [1.807, 2.05) is 19.1 Å². The molecule has 0 atom stereocenters. The van der Waals surface area contributed by atoms with Crippen LogP contribution in [0.3, 0.4) is 0 Å². The molecule has 0 saturated carbocycles. The lowest BCUT2D eigenvalue weighted by Gasteiger charge is -2.06. The van der Waals surface area contributed by atoms with Gasteiger partial charge in [-0.15, -0.1) is 10.2 Å². The molecule has 0 radical (unpaired) electrons. The summed E-state index contributed by atoms with van der Waals surface area (Å²) in [6, 6.07) is 10.3. The van der Waals surface area contributed by atoms with Gasteiger partial charge in [-0.05, 0) is 52.2 Å². The summed E-state index contributed by atoms with van der Waals surface area (Å²) >= 11 is 3.22. The second kappa shape index (κ2) is 6.80. The molecule has 0 saturated heterocycles. The summed E-state index contributed by atoms with van der Waals surface area (Å²) in [7, 11) is 0. The Kier molecular flexibility index (Phi) is 4.34. The lowest BCUT2D eigenvalue weighted by molar-refractivity contribution is 0.263. The highest BCUT2D eigenvalue weighted by Gasteiger charge is 2.13. The van der Waals surface area contributed by atoms with E-state index in [2.05, 4.69) is 26.1 Å². The van der Waals surface area contributed by atoms with Gasteiger partial charge in [0.15, 0.2) is 17.0 Å². The van der Waals surface area contributed by atoms with Crippen molar-refractivity contribution in [2.75, 3.05) is 0 Å². The van der Waals surface area contributed by atoms with Gasteiger partial charge < -0.3 is 18.0 Å². The lowest BCUT2D eigenvalue weighted by atomic mass is 10.1. The van der Waals surface area contributed by atoms with Crippen LogP contribution >= 0.6 is 15.9 Å². The molecule has 132 valence electrons. The summed E-state index contributed by atoms with van der Waals surface area (Å²) in [6.07, 6.45) is 0.746. The zero-order valence-corrected chi connectivity index (χ0v) is 15.3. The van der Waals surface area contributed by atoms with E-state index in [0.29, 0.717) is 27.7 Å². The number of furan rings is 1. The Morgan fingerprint density at radius 2 is 1.96 bits per heavy atom. The van der Waals surface area contributed by atoms with Crippen LogP contribution in [0.4, 0.5) is 0 Å². The highest BCUT2D eigenvalue weighted by molar-refractivity contribution is 9.10. The first-order chi connectivity index (χ1) is 12.6. The number of rotatable bonds is 5. The second-order valence-corrected chi connectivity index (χ2v) is 6.28. The van der Waals surface area contributed by atoms with Crippen LogP contribution in [-0.4, -0.2) is 10.2 Å². The predicted molar refractivity (Wildman–Crippen MR) is 95.9 cm³/mol. The van der Waals surface area contributed by atoms with Crippen molar-refractivity contribution in [3.05, 3.63) is 62.9 Å². The molecule has 3 aromatic heterocycles. The second-order valence-electron chi connectivity index (χ2n) is 5.50. The van der Waals surface area contributed by atoms with E-state index in [9.17, 15) is 4.79 Å². The molecular formula is C18H13BrN2O5. The molecule has 26 heavy (non-hydrogen) atoms. The number of halogens is 1. The summed E-state index contributed by atoms with van der Waals surface area (Å²) in [5, 5.41) is 8.75. The van der Waals surface area contributed by atoms with Gasteiger partial charge in [0.2, 0.25) is 0 Å². The molecule has 0 aliphatic rings. The summed E-state index contributed by atoms with van der Waals surface area (Å²) in [5.74, 6) is 1.58. The van der Waals surface area contributed by atoms with Gasteiger partial charge in [0.25, 0.3) is 11.8 Å². The van der Waals surface area contributed by atoms with Crippen LogP contribution in [-0.2, 0) is 13.0 Å². The maximum atomic E-state index is 11.6. The quantitative estimate of drug-likeness (QED) is 0.446. The molecule has 4 aromatic rings. The third kappa shape index (κ3) is 3.28. The van der Waals surface area contributed by atoms with Crippen molar-refractivity contribution in [2.24, 2.45) is 0 Å². The summed E-state index contributed by atoms with van der Waals surface area (Å²) in [6.45, 7) is 2.07. The summed E-state index contributed by atoms with van der Waals surface area (Å²) in [4.78, 5) is 11.6. The van der Waals surface area contributed by atoms with Gasteiger partial charge in [0.1, 0.15) is 11.3 Å². The SMILES string of the molecule is CCc1cc(=O)oc2cc(OCc3nnc(-c4ccc(Br)o4)o3)ccc12. The highest BCUT2D eigenvalue weighted by Crippen LogP contribution is 2.25. The van der Waals surface area contributed by atoms with Crippen molar-refractivity contribution in [1.29, 1.82) is 0 Å². The third-order valence-electron chi connectivity index (χ3n) is 3.80. The van der Waals surface area contributed by atoms with Crippen LogP contribution < -0.4 is 10.4 Å². The van der Waals surface area contributed by atoms with Gasteiger partial charge in [-0.3, -0.25) is 0 Å². The highest BCUT2D eigenvalue weighted by atomic mass is 79.9.